The van der Waals surface area contributed by atoms with E-state index in [0.717, 1.165) is 6.42 Å². The molecule has 70 valence electrons. The summed E-state index contributed by atoms with van der Waals surface area (Å²) >= 11 is 0. The number of rotatable bonds is 4. The molecule has 0 fully saturated rings. The lowest BCUT2D eigenvalue weighted by Crippen LogP contribution is -2.38. The zero-order valence-corrected chi connectivity index (χ0v) is 8.83. The smallest absolute Gasteiger partial charge is 0.0672 e. The maximum Gasteiger partial charge on any atom is 0.0672 e. The van der Waals surface area contributed by atoms with Gasteiger partial charge in [0, 0.05) is 6.04 Å². The van der Waals surface area contributed by atoms with Gasteiger partial charge in [0.15, 0.2) is 0 Å². The molecule has 0 saturated carbocycles. The van der Waals surface area contributed by atoms with Crippen molar-refractivity contribution in [3.05, 3.63) is 0 Å². The monoisotopic (exact) mass is 168 g/mol. The minimum atomic E-state index is 0.167. The van der Waals surface area contributed by atoms with Gasteiger partial charge < -0.3 is 4.90 Å². The van der Waals surface area contributed by atoms with Crippen molar-refractivity contribution in [1.29, 1.82) is 5.26 Å². The summed E-state index contributed by atoms with van der Waals surface area (Å²) in [6, 6.07) is 2.76. The zero-order valence-electron chi connectivity index (χ0n) is 8.83. The van der Waals surface area contributed by atoms with Crippen LogP contribution in [0.3, 0.4) is 0 Å². The molecular formula is C10H20N2. The first-order chi connectivity index (χ1) is 5.54. The first-order valence-electron chi connectivity index (χ1n) is 4.60. The van der Waals surface area contributed by atoms with Crippen molar-refractivity contribution in [3.63, 3.8) is 0 Å². The van der Waals surface area contributed by atoms with Crippen molar-refractivity contribution in [3.8, 4) is 6.07 Å². The predicted molar refractivity (Wildman–Crippen MR) is 51.7 cm³/mol. The molecule has 0 saturated heterocycles. The lowest BCUT2D eigenvalue weighted by atomic mass is 9.89. The number of hydrogen-bond acceptors (Lipinski definition) is 2. The molecule has 0 aromatic heterocycles. The summed E-state index contributed by atoms with van der Waals surface area (Å²) in [5.41, 5.74) is 0. The van der Waals surface area contributed by atoms with Crippen LogP contribution in [0, 0.1) is 23.2 Å². The fraction of sp³-hybridized carbons (Fsp3) is 0.900. The summed E-state index contributed by atoms with van der Waals surface area (Å²) in [7, 11) is 4.09. The molecule has 0 heterocycles. The van der Waals surface area contributed by atoms with E-state index in [4.69, 9.17) is 5.26 Å². The Bertz CT molecular complexity index is 148. The van der Waals surface area contributed by atoms with E-state index in [2.05, 4.69) is 31.7 Å². The van der Waals surface area contributed by atoms with Gasteiger partial charge in [-0.1, -0.05) is 20.8 Å². The van der Waals surface area contributed by atoms with E-state index in [1.54, 1.807) is 0 Å². The molecule has 12 heavy (non-hydrogen) atoms. The van der Waals surface area contributed by atoms with Gasteiger partial charge in [-0.15, -0.1) is 0 Å². The van der Waals surface area contributed by atoms with Crippen LogP contribution in [0.15, 0.2) is 0 Å². The third-order valence-electron chi connectivity index (χ3n) is 2.30. The van der Waals surface area contributed by atoms with Crippen LogP contribution in [-0.4, -0.2) is 25.0 Å². The van der Waals surface area contributed by atoms with Crippen molar-refractivity contribution in [1.82, 2.24) is 4.90 Å². The van der Waals surface area contributed by atoms with Crippen molar-refractivity contribution < 1.29 is 0 Å². The topological polar surface area (TPSA) is 27.0 Å². The molecule has 2 unspecified atom stereocenters. The average Bonchev–Trinajstić information content (AvgIpc) is 1.98. The highest BCUT2D eigenvalue weighted by Gasteiger charge is 2.24. The molecule has 0 N–H and O–H groups in total. The van der Waals surface area contributed by atoms with Gasteiger partial charge in [0.2, 0.25) is 0 Å². The summed E-state index contributed by atoms with van der Waals surface area (Å²) in [6.45, 7) is 6.42. The average molecular weight is 168 g/mol. The van der Waals surface area contributed by atoms with Crippen LogP contribution in [0.4, 0.5) is 0 Å². The maximum atomic E-state index is 8.92. The molecule has 2 nitrogen and oxygen atoms in total. The predicted octanol–water partition coefficient (Wildman–Crippen LogP) is 2.12. The highest BCUT2D eigenvalue weighted by atomic mass is 15.1. The van der Waals surface area contributed by atoms with Gasteiger partial charge in [0.1, 0.15) is 0 Å². The first kappa shape index (κ1) is 11.4. The Labute approximate surface area is 76.2 Å². The second-order valence-corrected chi connectivity index (χ2v) is 3.84. The van der Waals surface area contributed by atoms with Crippen LogP contribution in [0.2, 0.25) is 0 Å². The van der Waals surface area contributed by atoms with E-state index >= 15 is 0 Å². The molecule has 2 heteroatoms. The molecule has 0 spiro atoms. The first-order valence-corrected chi connectivity index (χ1v) is 4.60. The molecule has 0 aliphatic rings. The number of hydrogen-bond donors (Lipinski definition) is 0. The fourth-order valence-electron chi connectivity index (χ4n) is 1.83. The van der Waals surface area contributed by atoms with Gasteiger partial charge in [-0.3, -0.25) is 0 Å². The normalized spacial score (nSPS) is 16.2. The molecule has 0 rings (SSSR count). The summed E-state index contributed by atoms with van der Waals surface area (Å²) in [5.74, 6) is 0.713. The molecule has 0 aliphatic heterocycles. The number of nitrogens with zero attached hydrogens (tertiary/aromatic N) is 2. The lowest BCUT2D eigenvalue weighted by Gasteiger charge is -2.31. The number of nitriles is 1. The lowest BCUT2D eigenvalue weighted by molar-refractivity contribution is 0.182. The minimum Gasteiger partial charge on any atom is -0.305 e. The van der Waals surface area contributed by atoms with E-state index in [9.17, 15) is 0 Å². The Balaban J connectivity index is 4.39. The van der Waals surface area contributed by atoms with Crippen LogP contribution in [-0.2, 0) is 0 Å². The van der Waals surface area contributed by atoms with Crippen molar-refractivity contribution in [2.24, 2.45) is 11.8 Å². The molecule has 0 aliphatic carbocycles. The van der Waals surface area contributed by atoms with Gasteiger partial charge in [-0.05, 0) is 26.4 Å². The Hall–Kier alpha value is -0.550. The maximum absolute atomic E-state index is 8.92. The highest BCUT2D eigenvalue weighted by Crippen LogP contribution is 2.19. The van der Waals surface area contributed by atoms with Crippen molar-refractivity contribution in [2.45, 2.75) is 33.2 Å². The molecule has 2 atom stereocenters. The van der Waals surface area contributed by atoms with Gasteiger partial charge >= 0.3 is 0 Å². The van der Waals surface area contributed by atoms with Crippen LogP contribution in [0.5, 0.6) is 0 Å². The molecule has 0 radical (unpaired) electrons. The van der Waals surface area contributed by atoms with E-state index in [0.29, 0.717) is 12.0 Å². The summed E-state index contributed by atoms with van der Waals surface area (Å²) in [6.07, 6.45) is 0.942. The zero-order chi connectivity index (χ0) is 9.72. The molecule has 0 aromatic carbocycles. The molecule has 0 aromatic rings. The SMILES string of the molecule is CCC(C#N)C(C(C)C)N(C)C. The standard InChI is InChI=1S/C10H20N2/c1-6-9(7-11)10(8(2)3)12(4)5/h8-10H,6H2,1-5H3. The second kappa shape index (κ2) is 5.16. The minimum absolute atomic E-state index is 0.167. The third kappa shape index (κ3) is 2.83. The summed E-state index contributed by atoms with van der Waals surface area (Å²) in [4.78, 5) is 2.15. The van der Waals surface area contributed by atoms with E-state index in [-0.39, 0.29) is 5.92 Å². The summed E-state index contributed by atoms with van der Waals surface area (Å²) in [5, 5.41) is 8.92. The van der Waals surface area contributed by atoms with Crippen molar-refractivity contribution >= 4 is 0 Å². The molecular weight excluding hydrogens is 148 g/mol. The largest absolute Gasteiger partial charge is 0.305 e. The summed E-state index contributed by atoms with van der Waals surface area (Å²) < 4.78 is 0. The Morgan fingerprint density at radius 1 is 1.33 bits per heavy atom. The van der Waals surface area contributed by atoms with Gasteiger partial charge in [0.25, 0.3) is 0 Å². The van der Waals surface area contributed by atoms with Crippen LogP contribution in [0.25, 0.3) is 0 Å². The Kier molecular flexibility index (Phi) is 4.92. The van der Waals surface area contributed by atoms with Gasteiger partial charge in [-0.25, -0.2) is 0 Å². The van der Waals surface area contributed by atoms with Crippen molar-refractivity contribution in [2.75, 3.05) is 14.1 Å². The Morgan fingerprint density at radius 3 is 1.92 bits per heavy atom. The second-order valence-electron chi connectivity index (χ2n) is 3.84. The Morgan fingerprint density at radius 2 is 1.83 bits per heavy atom. The van der Waals surface area contributed by atoms with E-state index in [1.165, 1.54) is 0 Å². The molecule has 0 amide bonds. The van der Waals surface area contributed by atoms with Crippen LogP contribution < -0.4 is 0 Å². The highest BCUT2D eigenvalue weighted by molar-refractivity contribution is 4.92. The van der Waals surface area contributed by atoms with E-state index < -0.39 is 0 Å². The van der Waals surface area contributed by atoms with Gasteiger partial charge in [-0.2, -0.15) is 5.26 Å². The quantitative estimate of drug-likeness (QED) is 0.643. The van der Waals surface area contributed by atoms with Crippen LogP contribution >= 0.6 is 0 Å². The third-order valence-corrected chi connectivity index (χ3v) is 2.30. The molecule has 0 bridgehead atoms. The van der Waals surface area contributed by atoms with Gasteiger partial charge in [0.05, 0.1) is 12.0 Å². The van der Waals surface area contributed by atoms with Crippen LogP contribution in [0.1, 0.15) is 27.2 Å². The van der Waals surface area contributed by atoms with E-state index in [1.807, 2.05) is 14.1 Å². The fourth-order valence-corrected chi connectivity index (χ4v) is 1.83.